The van der Waals surface area contributed by atoms with Crippen molar-refractivity contribution in [3.05, 3.63) is 36.4 Å². The number of carboxylic acids is 1. The van der Waals surface area contributed by atoms with Crippen molar-refractivity contribution in [1.82, 2.24) is 35.5 Å². The molecule has 2 aromatic heterocycles. The predicted molar refractivity (Wildman–Crippen MR) is 116 cm³/mol. The van der Waals surface area contributed by atoms with Crippen LogP contribution in [0.3, 0.4) is 0 Å². The molecule has 3 amide bonds. The van der Waals surface area contributed by atoms with Crippen LogP contribution in [0.5, 0.6) is 0 Å². The van der Waals surface area contributed by atoms with E-state index in [-0.39, 0.29) is 12.8 Å². The summed E-state index contributed by atoms with van der Waals surface area (Å²) in [6, 6.07) is -4.44. The zero-order valence-corrected chi connectivity index (χ0v) is 18.3. The largest absolute Gasteiger partial charge is 0.480 e. The number of nitrogens with one attached hydrogen (secondary N) is 4. The van der Waals surface area contributed by atoms with Gasteiger partial charge in [-0.3, -0.25) is 14.4 Å². The molecule has 0 aliphatic carbocycles. The normalized spacial score (nSPS) is 18.2. The van der Waals surface area contributed by atoms with Gasteiger partial charge in [0, 0.05) is 43.2 Å². The lowest BCUT2D eigenvalue weighted by Gasteiger charge is -2.28. The number of aromatic nitrogens is 4. The maximum atomic E-state index is 12.9. The molecule has 8 N–H and O–H groups in total. The fourth-order valence-electron chi connectivity index (χ4n) is 3.79. The van der Waals surface area contributed by atoms with Crippen LogP contribution in [0.4, 0.5) is 0 Å². The standard InChI is InChI=1S/C20H28N8O6/c21-13(4-11-6-22-9-24-11)19(32)28-3-1-2-16(28)18(31)27-15(8-29)17(30)26-14(20(33)34)5-12-7-23-10-25-12/h6-7,9-10,13-16,29H,1-5,8,21H2,(H,22,24)(H,23,25)(H,26,30)(H,27,31)(H,33,34). The van der Waals surface area contributed by atoms with E-state index in [1.807, 2.05) is 0 Å². The van der Waals surface area contributed by atoms with Crippen molar-refractivity contribution in [3.8, 4) is 0 Å². The molecule has 1 aliphatic heterocycles. The van der Waals surface area contributed by atoms with Crippen LogP contribution < -0.4 is 16.4 Å². The first-order chi connectivity index (χ1) is 16.3. The number of rotatable bonds is 11. The van der Waals surface area contributed by atoms with Gasteiger partial charge < -0.3 is 41.4 Å². The first kappa shape index (κ1) is 24.9. The van der Waals surface area contributed by atoms with Gasteiger partial charge in [-0.1, -0.05) is 0 Å². The summed E-state index contributed by atoms with van der Waals surface area (Å²) in [6.07, 6.45) is 6.93. The predicted octanol–water partition coefficient (Wildman–Crippen LogP) is -2.72. The molecule has 0 bridgehead atoms. The maximum Gasteiger partial charge on any atom is 0.326 e. The van der Waals surface area contributed by atoms with E-state index in [4.69, 9.17) is 5.73 Å². The molecule has 3 heterocycles. The van der Waals surface area contributed by atoms with E-state index in [0.717, 1.165) is 0 Å². The fraction of sp³-hybridized carbons (Fsp3) is 0.500. The number of aliphatic hydroxyl groups is 1. The first-order valence-electron chi connectivity index (χ1n) is 10.7. The average Bonchev–Trinajstić information content (AvgIpc) is 3.58. The molecule has 1 aliphatic rings. The third kappa shape index (κ3) is 6.17. The smallest absolute Gasteiger partial charge is 0.326 e. The molecule has 34 heavy (non-hydrogen) atoms. The Morgan fingerprint density at radius 1 is 1.09 bits per heavy atom. The number of amides is 3. The van der Waals surface area contributed by atoms with Gasteiger partial charge in [0.15, 0.2) is 0 Å². The van der Waals surface area contributed by atoms with E-state index < -0.39 is 54.5 Å². The van der Waals surface area contributed by atoms with Crippen LogP contribution >= 0.6 is 0 Å². The van der Waals surface area contributed by atoms with E-state index in [2.05, 4.69) is 30.6 Å². The van der Waals surface area contributed by atoms with Gasteiger partial charge in [0.05, 0.1) is 25.3 Å². The van der Waals surface area contributed by atoms with Gasteiger partial charge in [-0.25, -0.2) is 14.8 Å². The quantitative estimate of drug-likeness (QED) is 0.179. The van der Waals surface area contributed by atoms with E-state index >= 15 is 0 Å². The number of aliphatic hydroxyl groups excluding tert-OH is 1. The molecule has 1 saturated heterocycles. The van der Waals surface area contributed by atoms with Crippen molar-refractivity contribution >= 4 is 23.7 Å². The number of aliphatic carboxylic acids is 1. The summed E-state index contributed by atoms with van der Waals surface area (Å²) in [5, 5.41) is 23.8. The number of carbonyl (C=O) groups excluding carboxylic acids is 3. The molecule has 14 nitrogen and oxygen atoms in total. The summed E-state index contributed by atoms with van der Waals surface area (Å²) >= 11 is 0. The highest BCUT2D eigenvalue weighted by Gasteiger charge is 2.38. The van der Waals surface area contributed by atoms with Crippen molar-refractivity contribution in [2.75, 3.05) is 13.2 Å². The van der Waals surface area contributed by atoms with Crippen molar-refractivity contribution in [3.63, 3.8) is 0 Å². The zero-order chi connectivity index (χ0) is 24.7. The Kier molecular flexibility index (Phi) is 8.32. The topological polar surface area (TPSA) is 219 Å². The van der Waals surface area contributed by atoms with Crippen LogP contribution in [0.1, 0.15) is 24.2 Å². The number of imidazole rings is 2. The minimum Gasteiger partial charge on any atom is -0.480 e. The molecule has 2 aromatic rings. The van der Waals surface area contributed by atoms with Gasteiger partial charge in [-0.05, 0) is 12.8 Å². The number of hydrogen-bond acceptors (Lipinski definition) is 8. The molecule has 1 fully saturated rings. The Hall–Kier alpha value is -3.78. The van der Waals surface area contributed by atoms with Crippen LogP contribution in [-0.4, -0.2) is 96.1 Å². The van der Waals surface area contributed by atoms with Crippen molar-refractivity contribution in [1.29, 1.82) is 0 Å². The highest BCUT2D eigenvalue weighted by molar-refractivity contribution is 5.94. The molecule has 0 radical (unpaired) electrons. The van der Waals surface area contributed by atoms with Crippen LogP contribution in [0.15, 0.2) is 25.0 Å². The summed E-state index contributed by atoms with van der Waals surface area (Å²) in [7, 11) is 0. The van der Waals surface area contributed by atoms with Crippen LogP contribution in [0.25, 0.3) is 0 Å². The lowest BCUT2D eigenvalue weighted by molar-refractivity contribution is -0.143. The lowest BCUT2D eigenvalue weighted by Crippen LogP contribution is -2.58. The third-order valence-corrected chi connectivity index (χ3v) is 5.56. The summed E-state index contributed by atoms with van der Waals surface area (Å²) < 4.78 is 0. The van der Waals surface area contributed by atoms with Gasteiger partial charge in [0.2, 0.25) is 17.7 Å². The highest BCUT2D eigenvalue weighted by atomic mass is 16.4. The number of nitrogens with zero attached hydrogens (tertiary/aromatic N) is 3. The lowest BCUT2D eigenvalue weighted by atomic mass is 10.1. The van der Waals surface area contributed by atoms with Crippen molar-refractivity contribution < 1.29 is 29.4 Å². The Balaban J connectivity index is 1.59. The number of H-pyrrole nitrogens is 2. The van der Waals surface area contributed by atoms with E-state index in [9.17, 15) is 29.4 Å². The Labute approximate surface area is 194 Å². The summed E-state index contributed by atoms with van der Waals surface area (Å²) in [5.74, 6) is -3.20. The summed E-state index contributed by atoms with van der Waals surface area (Å²) in [6.45, 7) is -0.428. The van der Waals surface area contributed by atoms with Crippen LogP contribution in [0, 0.1) is 0 Å². The molecule has 14 heteroatoms. The maximum absolute atomic E-state index is 12.9. The number of aromatic amines is 2. The third-order valence-electron chi connectivity index (χ3n) is 5.56. The van der Waals surface area contributed by atoms with E-state index in [0.29, 0.717) is 30.8 Å². The zero-order valence-electron chi connectivity index (χ0n) is 18.3. The van der Waals surface area contributed by atoms with Crippen molar-refractivity contribution in [2.45, 2.75) is 49.9 Å². The van der Waals surface area contributed by atoms with Gasteiger partial charge in [0.25, 0.3) is 0 Å². The first-order valence-corrected chi connectivity index (χ1v) is 10.7. The fourth-order valence-corrected chi connectivity index (χ4v) is 3.79. The molecule has 184 valence electrons. The number of carboxylic acid groups (broad SMARTS) is 1. The molecule has 4 atom stereocenters. The van der Waals surface area contributed by atoms with Crippen molar-refractivity contribution in [2.24, 2.45) is 5.73 Å². The molecule has 0 aromatic carbocycles. The Bertz CT molecular complexity index is 979. The van der Waals surface area contributed by atoms with Crippen LogP contribution in [0.2, 0.25) is 0 Å². The monoisotopic (exact) mass is 476 g/mol. The molecule has 4 unspecified atom stereocenters. The van der Waals surface area contributed by atoms with Gasteiger partial charge in [-0.15, -0.1) is 0 Å². The Morgan fingerprint density at radius 2 is 1.74 bits per heavy atom. The van der Waals surface area contributed by atoms with E-state index in [1.165, 1.54) is 23.8 Å². The van der Waals surface area contributed by atoms with Gasteiger partial charge in [0.1, 0.15) is 18.1 Å². The highest BCUT2D eigenvalue weighted by Crippen LogP contribution is 2.19. The summed E-state index contributed by atoms with van der Waals surface area (Å²) in [5.41, 5.74) is 7.20. The molecule has 0 saturated carbocycles. The summed E-state index contributed by atoms with van der Waals surface area (Å²) in [4.78, 5) is 64.5. The molecular weight excluding hydrogens is 448 g/mol. The number of likely N-dealkylation sites (tertiary alicyclic amines) is 1. The van der Waals surface area contributed by atoms with E-state index in [1.54, 1.807) is 6.20 Å². The molecule has 3 rings (SSSR count). The second-order valence-corrected chi connectivity index (χ2v) is 8.00. The molecular formula is C20H28N8O6. The van der Waals surface area contributed by atoms with Crippen LogP contribution in [-0.2, 0) is 32.0 Å². The minimum atomic E-state index is -1.40. The second kappa shape index (κ2) is 11.4. The molecule has 0 spiro atoms. The second-order valence-electron chi connectivity index (χ2n) is 8.00. The average molecular weight is 476 g/mol. The minimum absolute atomic E-state index is 0.0632. The van der Waals surface area contributed by atoms with Gasteiger partial charge >= 0.3 is 5.97 Å². The number of nitrogens with two attached hydrogens (primary N) is 1. The number of carbonyl (C=O) groups is 4. The Morgan fingerprint density at radius 3 is 2.29 bits per heavy atom. The van der Waals surface area contributed by atoms with Gasteiger partial charge in [-0.2, -0.15) is 0 Å². The SMILES string of the molecule is NC(Cc1cnc[nH]1)C(=O)N1CCCC1C(=O)NC(CO)C(=O)NC(Cc1cnc[nH]1)C(=O)O. The number of hydrogen-bond donors (Lipinski definition) is 7.